The minimum Gasteiger partial charge on any atom is -0.461 e. The Hall–Kier alpha value is -1.35. The van der Waals surface area contributed by atoms with Crippen molar-refractivity contribution in [1.29, 1.82) is 0 Å². The Morgan fingerprint density at radius 1 is 1.39 bits per heavy atom. The maximum atomic E-state index is 11.3. The van der Waals surface area contributed by atoms with Crippen LogP contribution in [0.4, 0.5) is 0 Å². The molecule has 3 heteroatoms. The molecule has 1 N–H and O–H groups in total. The predicted octanol–water partition coefficient (Wildman–Crippen LogP) is 2.82. The van der Waals surface area contributed by atoms with Crippen LogP contribution in [0.3, 0.4) is 0 Å². The van der Waals surface area contributed by atoms with Crippen LogP contribution in [0.2, 0.25) is 0 Å². The number of rotatable bonds is 7. The van der Waals surface area contributed by atoms with Crippen LogP contribution >= 0.6 is 0 Å². The lowest BCUT2D eigenvalue weighted by molar-refractivity contribution is -0.148. The molecule has 0 aromatic heterocycles. The molecule has 0 bridgehead atoms. The van der Waals surface area contributed by atoms with Gasteiger partial charge in [-0.2, -0.15) is 0 Å². The number of ether oxygens (including phenoxy) is 1. The van der Waals surface area contributed by atoms with Crippen molar-refractivity contribution in [3.8, 4) is 0 Å². The third-order valence-corrected chi connectivity index (χ3v) is 2.80. The molecule has 0 aliphatic rings. The molecule has 0 fully saturated rings. The third kappa shape index (κ3) is 5.32. The summed E-state index contributed by atoms with van der Waals surface area (Å²) in [5.41, 5.74) is 2.56. The van der Waals surface area contributed by atoms with Crippen LogP contribution in [0.5, 0.6) is 0 Å². The number of esters is 1. The number of carbonyl (C=O) groups excluding carboxylic acids is 1. The van der Waals surface area contributed by atoms with Gasteiger partial charge < -0.3 is 10.1 Å². The average Bonchev–Trinajstić information content (AvgIpc) is 2.31. The molecule has 0 spiro atoms. The summed E-state index contributed by atoms with van der Waals surface area (Å²) in [7, 11) is 0. The Bertz CT molecular complexity index is 377. The van der Waals surface area contributed by atoms with Crippen LogP contribution in [0.25, 0.3) is 0 Å². The molecular formula is C15H23NO2. The van der Waals surface area contributed by atoms with Crippen LogP contribution < -0.4 is 5.32 Å². The Balaban J connectivity index is 2.25. The van der Waals surface area contributed by atoms with Gasteiger partial charge in [-0.25, -0.2) is 0 Å². The Morgan fingerprint density at radius 2 is 2.11 bits per heavy atom. The molecule has 1 unspecified atom stereocenters. The molecule has 0 heterocycles. The highest BCUT2D eigenvalue weighted by Crippen LogP contribution is 2.06. The molecule has 18 heavy (non-hydrogen) atoms. The van der Waals surface area contributed by atoms with Crippen molar-refractivity contribution in [1.82, 2.24) is 5.32 Å². The second-order valence-corrected chi connectivity index (χ2v) is 4.61. The second-order valence-electron chi connectivity index (χ2n) is 4.61. The Labute approximate surface area is 110 Å². The normalized spacial score (nSPS) is 12.2. The van der Waals surface area contributed by atoms with Crippen LogP contribution in [0.1, 0.15) is 37.8 Å². The number of hydrogen-bond donors (Lipinski definition) is 1. The van der Waals surface area contributed by atoms with Crippen molar-refractivity contribution in [2.75, 3.05) is 6.54 Å². The van der Waals surface area contributed by atoms with Gasteiger partial charge >= 0.3 is 5.97 Å². The van der Waals surface area contributed by atoms with Crippen LogP contribution in [-0.4, -0.2) is 18.6 Å². The smallest absolute Gasteiger partial charge is 0.306 e. The first-order valence-corrected chi connectivity index (χ1v) is 6.58. The van der Waals surface area contributed by atoms with Crippen molar-refractivity contribution in [2.24, 2.45) is 0 Å². The number of carbonyl (C=O) groups is 1. The molecule has 1 aromatic rings. The van der Waals surface area contributed by atoms with Crippen molar-refractivity contribution in [3.05, 3.63) is 35.4 Å². The molecule has 3 nitrogen and oxygen atoms in total. The molecule has 0 saturated heterocycles. The molecule has 1 rings (SSSR count). The van der Waals surface area contributed by atoms with E-state index in [2.05, 4.69) is 24.4 Å². The van der Waals surface area contributed by atoms with E-state index in [0.717, 1.165) is 13.0 Å². The lowest BCUT2D eigenvalue weighted by Gasteiger charge is -2.14. The SMILES string of the molecule is CCCC(=O)OC(C)CNCc1ccccc1C. The molecular weight excluding hydrogens is 226 g/mol. The fourth-order valence-electron chi connectivity index (χ4n) is 1.75. The minimum absolute atomic E-state index is 0.0759. The zero-order valence-corrected chi connectivity index (χ0v) is 11.5. The lowest BCUT2D eigenvalue weighted by Crippen LogP contribution is -2.28. The fraction of sp³-hybridized carbons (Fsp3) is 0.533. The first kappa shape index (κ1) is 14.7. The van der Waals surface area contributed by atoms with Crippen LogP contribution in [-0.2, 0) is 16.1 Å². The fourth-order valence-corrected chi connectivity index (χ4v) is 1.75. The van der Waals surface area contributed by atoms with Crippen LogP contribution in [0.15, 0.2) is 24.3 Å². The zero-order valence-electron chi connectivity index (χ0n) is 11.5. The molecule has 100 valence electrons. The molecule has 0 radical (unpaired) electrons. The summed E-state index contributed by atoms with van der Waals surface area (Å²) in [6, 6.07) is 8.28. The molecule has 1 atom stereocenters. The van der Waals surface area contributed by atoms with Gasteiger partial charge in [0.1, 0.15) is 6.10 Å². The summed E-state index contributed by atoms with van der Waals surface area (Å²) in [5.74, 6) is -0.109. The van der Waals surface area contributed by atoms with Gasteiger partial charge in [-0.05, 0) is 31.4 Å². The lowest BCUT2D eigenvalue weighted by atomic mass is 10.1. The first-order valence-electron chi connectivity index (χ1n) is 6.58. The van der Waals surface area contributed by atoms with Crippen molar-refractivity contribution >= 4 is 5.97 Å². The average molecular weight is 249 g/mol. The number of aryl methyl sites for hydroxylation is 1. The van der Waals surface area contributed by atoms with Gasteiger partial charge in [0.25, 0.3) is 0 Å². The largest absolute Gasteiger partial charge is 0.461 e. The quantitative estimate of drug-likeness (QED) is 0.755. The topological polar surface area (TPSA) is 38.3 Å². The number of nitrogens with one attached hydrogen (secondary N) is 1. The predicted molar refractivity (Wildman–Crippen MR) is 73.3 cm³/mol. The first-order chi connectivity index (χ1) is 8.63. The van der Waals surface area contributed by atoms with Crippen LogP contribution in [0, 0.1) is 6.92 Å². The maximum absolute atomic E-state index is 11.3. The number of benzene rings is 1. The van der Waals surface area contributed by atoms with Gasteiger partial charge in [0.15, 0.2) is 0 Å². The maximum Gasteiger partial charge on any atom is 0.306 e. The highest BCUT2D eigenvalue weighted by molar-refractivity contribution is 5.69. The van der Waals surface area contributed by atoms with Gasteiger partial charge in [-0.15, -0.1) is 0 Å². The zero-order chi connectivity index (χ0) is 13.4. The van der Waals surface area contributed by atoms with E-state index in [9.17, 15) is 4.79 Å². The van der Waals surface area contributed by atoms with E-state index >= 15 is 0 Å². The van der Waals surface area contributed by atoms with E-state index in [1.54, 1.807) is 0 Å². The molecule has 0 aliphatic heterocycles. The minimum atomic E-state index is -0.109. The van der Waals surface area contributed by atoms with E-state index in [-0.39, 0.29) is 12.1 Å². The highest BCUT2D eigenvalue weighted by atomic mass is 16.5. The van der Waals surface area contributed by atoms with E-state index in [4.69, 9.17) is 4.74 Å². The van der Waals surface area contributed by atoms with Gasteiger partial charge in [0, 0.05) is 19.5 Å². The summed E-state index contributed by atoms with van der Waals surface area (Å²) >= 11 is 0. The van der Waals surface area contributed by atoms with Gasteiger partial charge in [0.2, 0.25) is 0 Å². The number of hydrogen-bond acceptors (Lipinski definition) is 3. The van der Waals surface area contributed by atoms with E-state index in [1.807, 2.05) is 26.0 Å². The monoisotopic (exact) mass is 249 g/mol. The summed E-state index contributed by atoms with van der Waals surface area (Å²) in [4.78, 5) is 11.3. The molecule has 0 amide bonds. The van der Waals surface area contributed by atoms with Crippen molar-refractivity contribution < 1.29 is 9.53 Å². The van der Waals surface area contributed by atoms with Gasteiger partial charge in [0.05, 0.1) is 0 Å². The summed E-state index contributed by atoms with van der Waals surface area (Å²) < 4.78 is 5.26. The van der Waals surface area contributed by atoms with E-state index < -0.39 is 0 Å². The third-order valence-electron chi connectivity index (χ3n) is 2.80. The van der Waals surface area contributed by atoms with E-state index in [0.29, 0.717) is 13.0 Å². The van der Waals surface area contributed by atoms with E-state index in [1.165, 1.54) is 11.1 Å². The molecule has 0 saturated carbocycles. The van der Waals surface area contributed by atoms with Crippen molar-refractivity contribution in [3.63, 3.8) is 0 Å². The van der Waals surface area contributed by atoms with Gasteiger partial charge in [-0.1, -0.05) is 31.2 Å². The van der Waals surface area contributed by atoms with Crippen molar-refractivity contribution in [2.45, 2.75) is 46.3 Å². The Kier molecular flexibility index (Phi) is 6.44. The Morgan fingerprint density at radius 3 is 2.78 bits per heavy atom. The highest BCUT2D eigenvalue weighted by Gasteiger charge is 2.08. The molecule has 1 aromatic carbocycles. The summed E-state index contributed by atoms with van der Waals surface area (Å²) in [5, 5.41) is 3.31. The standard InChI is InChI=1S/C15H23NO2/c1-4-7-15(17)18-13(3)10-16-11-14-9-6-5-8-12(14)2/h5-6,8-9,13,16H,4,7,10-11H2,1-3H3. The summed E-state index contributed by atoms with van der Waals surface area (Å²) in [6.45, 7) is 7.48. The second kappa shape index (κ2) is 7.88. The summed E-state index contributed by atoms with van der Waals surface area (Å²) in [6.07, 6.45) is 1.26. The molecule has 0 aliphatic carbocycles. The van der Waals surface area contributed by atoms with Gasteiger partial charge in [-0.3, -0.25) is 4.79 Å².